The standard InChI is InChI=1S/C23H28N2O3/c1-17(19-6-4-3-5-7-19)25-14-12-21(13-15-25)24-23(27)16-28-22-10-8-20(9-11-22)18(2)26/h3-11,17,21H,12-16H2,1-2H3,(H,24,27)/t17-/m1/s1. The summed E-state index contributed by atoms with van der Waals surface area (Å²) in [4.78, 5) is 25.9. The number of carbonyl (C=O) groups excluding carboxylic acids is 2. The van der Waals surface area contributed by atoms with Crippen molar-refractivity contribution >= 4 is 11.7 Å². The molecule has 0 saturated carbocycles. The molecule has 0 spiro atoms. The predicted octanol–water partition coefficient (Wildman–Crippen LogP) is 3.61. The quantitative estimate of drug-likeness (QED) is 0.746. The normalized spacial score (nSPS) is 16.4. The van der Waals surface area contributed by atoms with E-state index in [2.05, 4.69) is 41.4 Å². The third-order valence-corrected chi connectivity index (χ3v) is 5.36. The number of nitrogens with zero attached hydrogens (tertiary/aromatic N) is 1. The van der Waals surface area contributed by atoms with E-state index in [1.54, 1.807) is 24.3 Å². The first kappa shape index (κ1) is 20.1. The summed E-state index contributed by atoms with van der Waals surface area (Å²) >= 11 is 0. The maximum Gasteiger partial charge on any atom is 0.258 e. The lowest BCUT2D eigenvalue weighted by molar-refractivity contribution is -0.124. The van der Waals surface area contributed by atoms with Crippen LogP contribution in [0.15, 0.2) is 54.6 Å². The van der Waals surface area contributed by atoms with Gasteiger partial charge in [-0.1, -0.05) is 30.3 Å². The zero-order chi connectivity index (χ0) is 19.9. The van der Waals surface area contributed by atoms with E-state index in [0.717, 1.165) is 25.9 Å². The van der Waals surface area contributed by atoms with E-state index in [9.17, 15) is 9.59 Å². The van der Waals surface area contributed by atoms with Gasteiger partial charge in [0.05, 0.1) is 0 Å². The van der Waals surface area contributed by atoms with Gasteiger partial charge >= 0.3 is 0 Å². The van der Waals surface area contributed by atoms with Gasteiger partial charge in [0, 0.05) is 30.7 Å². The minimum Gasteiger partial charge on any atom is -0.484 e. The number of benzene rings is 2. The predicted molar refractivity (Wildman–Crippen MR) is 110 cm³/mol. The molecule has 148 valence electrons. The molecule has 1 aliphatic heterocycles. The zero-order valence-electron chi connectivity index (χ0n) is 16.6. The molecule has 2 aromatic carbocycles. The van der Waals surface area contributed by atoms with E-state index in [0.29, 0.717) is 17.4 Å². The number of nitrogens with one attached hydrogen (secondary N) is 1. The van der Waals surface area contributed by atoms with Crippen molar-refractivity contribution in [2.75, 3.05) is 19.7 Å². The summed E-state index contributed by atoms with van der Waals surface area (Å²) in [6.45, 7) is 5.68. The smallest absolute Gasteiger partial charge is 0.258 e. The van der Waals surface area contributed by atoms with Gasteiger partial charge < -0.3 is 10.1 Å². The largest absolute Gasteiger partial charge is 0.484 e. The molecule has 28 heavy (non-hydrogen) atoms. The molecule has 2 aromatic rings. The molecular weight excluding hydrogens is 352 g/mol. The fraction of sp³-hybridized carbons (Fsp3) is 0.391. The number of ketones is 1. The summed E-state index contributed by atoms with van der Waals surface area (Å²) in [6.07, 6.45) is 1.88. The molecular formula is C23H28N2O3. The van der Waals surface area contributed by atoms with E-state index in [4.69, 9.17) is 4.74 Å². The topological polar surface area (TPSA) is 58.6 Å². The zero-order valence-corrected chi connectivity index (χ0v) is 16.6. The van der Waals surface area contributed by atoms with E-state index < -0.39 is 0 Å². The first-order chi connectivity index (χ1) is 13.5. The van der Waals surface area contributed by atoms with Gasteiger partial charge in [0.1, 0.15) is 5.75 Å². The van der Waals surface area contributed by atoms with Crippen molar-refractivity contribution in [1.82, 2.24) is 10.2 Å². The lowest BCUT2D eigenvalue weighted by atomic mass is 10.00. The Bertz CT molecular complexity index is 781. The molecule has 1 saturated heterocycles. The molecule has 3 rings (SSSR count). The lowest BCUT2D eigenvalue weighted by Crippen LogP contribution is -2.46. The Morgan fingerprint density at radius 3 is 2.32 bits per heavy atom. The van der Waals surface area contributed by atoms with Crippen LogP contribution in [0.2, 0.25) is 0 Å². The molecule has 1 N–H and O–H groups in total. The van der Waals surface area contributed by atoms with Crippen molar-refractivity contribution in [2.24, 2.45) is 0 Å². The third kappa shape index (κ3) is 5.42. The van der Waals surface area contributed by atoms with Crippen LogP contribution < -0.4 is 10.1 Å². The van der Waals surface area contributed by atoms with Crippen LogP contribution in [0, 0.1) is 0 Å². The summed E-state index contributed by atoms with van der Waals surface area (Å²) in [6, 6.07) is 17.9. The van der Waals surface area contributed by atoms with Gasteiger partial charge in [-0.05, 0) is 56.5 Å². The Morgan fingerprint density at radius 1 is 1.07 bits per heavy atom. The summed E-state index contributed by atoms with van der Waals surface area (Å²) < 4.78 is 5.53. The third-order valence-electron chi connectivity index (χ3n) is 5.36. The first-order valence-electron chi connectivity index (χ1n) is 9.85. The Hall–Kier alpha value is -2.66. The number of Topliss-reactive ketones (excluding diaryl/α,β-unsaturated/α-hetero) is 1. The maximum absolute atomic E-state index is 12.2. The molecule has 0 bridgehead atoms. The Morgan fingerprint density at radius 2 is 1.71 bits per heavy atom. The van der Waals surface area contributed by atoms with Crippen molar-refractivity contribution in [3.8, 4) is 5.75 Å². The van der Waals surface area contributed by atoms with Crippen molar-refractivity contribution in [3.05, 3.63) is 65.7 Å². The van der Waals surface area contributed by atoms with Gasteiger partial charge in [-0.2, -0.15) is 0 Å². The molecule has 0 aliphatic carbocycles. The number of hydrogen-bond acceptors (Lipinski definition) is 4. The number of hydrogen-bond donors (Lipinski definition) is 1. The van der Waals surface area contributed by atoms with Crippen LogP contribution in [-0.4, -0.2) is 42.3 Å². The Labute approximate surface area is 166 Å². The number of rotatable bonds is 7. The minimum absolute atomic E-state index is 0.0113. The Balaban J connectivity index is 1.40. The van der Waals surface area contributed by atoms with E-state index in [1.807, 2.05) is 6.07 Å². The van der Waals surface area contributed by atoms with Crippen LogP contribution in [-0.2, 0) is 4.79 Å². The van der Waals surface area contributed by atoms with Gasteiger partial charge in [0.25, 0.3) is 5.91 Å². The van der Waals surface area contributed by atoms with Crippen molar-refractivity contribution in [2.45, 2.75) is 38.8 Å². The second-order valence-electron chi connectivity index (χ2n) is 7.33. The summed E-state index contributed by atoms with van der Waals surface area (Å²) in [5, 5.41) is 3.07. The van der Waals surface area contributed by atoms with Gasteiger partial charge in [-0.3, -0.25) is 14.5 Å². The molecule has 1 amide bonds. The SMILES string of the molecule is CC(=O)c1ccc(OCC(=O)NC2CCN([C@H](C)c3ccccc3)CC2)cc1. The molecule has 0 aromatic heterocycles. The number of piperidine rings is 1. The van der Waals surface area contributed by atoms with Crippen LogP contribution in [0.5, 0.6) is 5.75 Å². The summed E-state index contributed by atoms with van der Waals surface area (Å²) in [5.41, 5.74) is 1.96. The molecule has 1 fully saturated rings. The van der Waals surface area contributed by atoms with Gasteiger partial charge in [-0.25, -0.2) is 0 Å². The van der Waals surface area contributed by atoms with Crippen LogP contribution in [0.1, 0.15) is 48.7 Å². The van der Waals surface area contributed by atoms with Crippen LogP contribution in [0.3, 0.4) is 0 Å². The first-order valence-corrected chi connectivity index (χ1v) is 9.85. The summed E-state index contributed by atoms with van der Waals surface area (Å²) in [5.74, 6) is 0.495. The number of amides is 1. The maximum atomic E-state index is 12.2. The highest BCUT2D eigenvalue weighted by Crippen LogP contribution is 2.24. The molecule has 0 radical (unpaired) electrons. The highest BCUT2D eigenvalue weighted by atomic mass is 16.5. The van der Waals surface area contributed by atoms with Crippen molar-refractivity contribution in [3.63, 3.8) is 0 Å². The second-order valence-corrected chi connectivity index (χ2v) is 7.33. The number of ether oxygens (including phenoxy) is 1. The Kier molecular flexibility index (Phi) is 6.82. The fourth-order valence-corrected chi connectivity index (χ4v) is 3.58. The molecule has 1 atom stereocenters. The molecule has 5 nitrogen and oxygen atoms in total. The monoisotopic (exact) mass is 380 g/mol. The van der Waals surface area contributed by atoms with Crippen molar-refractivity contribution < 1.29 is 14.3 Å². The second kappa shape index (κ2) is 9.51. The fourth-order valence-electron chi connectivity index (χ4n) is 3.58. The highest BCUT2D eigenvalue weighted by Gasteiger charge is 2.24. The average Bonchev–Trinajstić information content (AvgIpc) is 2.73. The van der Waals surface area contributed by atoms with Crippen molar-refractivity contribution in [1.29, 1.82) is 0 Å². The van der Waals surface area contributed by atoms with Crippen LogP contribution >= 0.6 is 0 Å². The van der Waals surface area contributed by atoms with E-state index in [-0.39, 0.29) is 24.3 Å². The van der Waals surface area contributed by atoms with Gasteiger partial charge in [-0.15, -0.1) is 0 Å². The molecule has 5 heteroatoms. The summed E-state index contributed by atoms with van der Waals surface area (Å²) in [7, 11) is 0. The molecule has 1 heterocycles. The van der Waals surface area contributed by atoms with Crippen LogP contribution in [0.4, 0.5) is 0 Å². The minimum atomic E-state index is -0.106. The van der Waals surface area contributed by atoms with E-state index in [1.165, 1.54) is 12.5 Å². The van der Waals surface area contributed by atoms with E-state index >= 15 is 0 Å². The molecule has 0 unspecified atom stereocenters. The number of likely N-dealkylation sites (tertiary alicyclic amines) is 1. The molecule has 1 aliphatic rings. The highest BCUT2D eigenvalue weighted by molar-refractivity contribution is 5.94. The van der Waals surface area contributed by atoms with Gasteiger partial charge in [0.15, 0.2) is 12.4 Å². The average molecular weight is 380 g/mol. The number of carbonyl (C=O) groups is 2. The van der Waals surface area contributed by atoms with Crippen LogP contribution in [0.25, 0.3) is 0 Å². The van der Waals surface area contributed by atoms with Gasteiger partial charge in [0.2, 0.25) is 0 Å². The lowest BCUT2D eigenvalue weighted by Gasteiger charge is -2.36.